The molecule has 0 fully saturated rings. The third-order valence-electron chi connectivity index (χ3n) is 2.57. The Morgan fingerprint density at radius 1 is 1.32 bits per heavy atom. The lowest BCUT2D eigenvalue weighted by Gasteiger charge is -2.02. The Hall–Kier alpha value is -1.23. The van der Waals surface area contributed by atoms with Gasteiger partial charge in [0.25, 0.3) is 5.88 Å². The molecule has 104 valence electrons. The van der Waals surface area contributed by atoms with Gasteiger partial charge in [0.2, 0.25) is 0 Å². The van der Waals surface area contributed by atoms with Gasteiger partial charge in [-0.1, -0.05) is 18.5 Å². The summed E-state index contributed by atoms with van der Waals surface area (Å²) in [5, 5.41) is 4.63. The van der Waals surface area contributed by atoms with Crippen molar-refractivity contribution in [3.8, 4) is 17.2 Å². The second kappa shape index (κ2) is 7.38. The number of halogens is 2. The summed E-state index contributed by atoms with van der Waals surface area (Å²) in [4.78, 5) is 0. The predicted molar refractivity (Wildman–Crippen MR) is 78.1 cm³/mol. The predicted octanol–water partition coefficient (Wildman–Crippen LogP) is 3.32. The van der Waals surface area contributed by atoms with Gasteiger partial charge in [-0.15, -0.1) is 12.4 Å². The summed E-state index contributed by atoms with van der Waals surface area (Å²) in [6.45, 7) is 2.91. The van der Waals surface area contributed by atoms with Gasteiger partial charge in [-0.05, 0) is 35.8 Å². The second-order valence-corrected chi connectivity index (χ2v) is 4.23. The molecule has 2 rings (SSSR count). The third-order valence-corrected chi connectivity index (χ3v) is 2.82. The lowest BCUT2D eigenvalue weighted by atomic mass is 10.1. The number of benzene rings is 1. The molecule has 2 N–H and O–H groups in total. The van der Waals surface area contributed by atoms with Crippen LogP contribution in [0.3, 0.4) is 0 Å². The third kappa shape index (κ3) is 3.62. The highest BCUT2D eigenvalue weighted by Crippen LogP contribution is 2.31. The average Bonchev–Trinajstić information content (AvgIpc) is 2.80. The highest BCUT2D eigenvalue weighted by atomic mass is 35.5. The zero-order chi connectivity index (χ0) is 13.0. The van der Waals surface area contributed by atoms with Gasteiger partial charge in [0.15, 0.2) is 5.76 Å². The Morgan fingerprint density at radius 2 is 2.00 bits per heavy atom. The van der Waals surface area contributed by atoms with Gasteiger partial charge in [0, 0.05) is 17.1 Å². The van der Waals surface area contributed by atoms with Crippen molar-refractivity contribution in [2.24, 2.45) is 5.73 Å². The van der Waals surface area contributed by atoms with Gasteiger partial charge >= 0.3 is 0 Å². The minimum atomic E-state index is 0. The fourth-order valence-corrected chi connectivity index (χ4v) is 1.83. The van der Waals surface area contributed by atoms with E-state index in [0.29, 0.717) is 24.1 Å². The Kier molecular flexibility index (Phi) is 6.15. The van der Waals surface area contributed by atoms with Crippen LogP contribution in [-0.2, 0) is 6.42 Å². The van der Waals surface area contributed by atoms with Crippen LogP contribution in [0.25, 0.3) is 11.3 Å². The van der Waals surface area contributed by atoms with Crippen LogP contribution >= 0.6 is 24.0 Å². The normalized spacial score (nSPS) is 10.1. The van der Waals surface area contributed by atoms with Crippen molar-refractivity contribution in [1.82, 2.24) is 5.16 Å². The Balaban J connectivity index is 0.00000180. The number of aromatic nitrogens is 1. The van der Waals surface area contributed by atoms with E-state index in [4.69, 9.17) is 26.6 Å². The maximum atomic E-state index is 5.86. The average molecular weight is 303 g/mol. The van der Waals surface area contributed by atoms with E-state index >= 15 is 0 Å². The molecule has 2 aromatic rings. The molecule has 4 nitrogen and oxygen atoms in total. The first-order chi connectivity index (χ1) is 8.76. The number of nitrogens with zero attached hydrogens (tertiary/aromatic N) is 1. The molecule has 0 radical (unpaired) electrons. The number of ether oxygens (including phenoxy) is 1. The standard InChI is InChI=1S/C13H15ClN2O2.ClH/c1-2-11-12(9-3-5-10(14)6-4-9)18-16-13(11)17-8-7-15;/h3-6H,2,7-8,15H2,1H3;1H. The van der Waals surface area contributed by atoms with Crippen LogP contribution < -0.4 is 10.5 Å². The minimum Gasteiger partial charge on any atom is -0.474 e. The largest absolute Gasteiger partial charge is 0.474 e. The van der Waals surface area contributed by atoms with Crippen LogP contribution in [0.4, 0.5) is 0 Å². The van der Waals surface area contributed by atoms with Crippen molar-refractivity contribution in [2.45, 2.75) is 13.3 Å². The molecule has 6 heteroatoms. The summed E-state index contributed by atoms with van der Waals surface area (Å²) in [6.07, 6.45) is 0.779. The molecule has 1 heterocycles. The van der Waals surface area contributed by atoms with Crippen molar-refractivity contribution in [3.63, 3.8) is 0 Å². The van der Waals surface area contributed by atoms with Crippen LogP contribution in [0.1, 0.15) is 12.5 Å². The van der Waals surface area contributed by atoms with Crippen molar-refractivity contribution in [3.05, 3.63) is 34.9 Å². The highest BCUT2D eigenvalue weighted by Gasteiger charge is 2.17. The smallest absolute Gasteiger partial charge is 0.258 e. The molecule has 0 aliphatic rings. The van der Waals surface area contributed by atoms with Gasteiger partial charge in [0.1, 0.15) is 6.61 Å². The number of rotatable bonds is 5. The maximum absolute atomic E-state index is 5.86. The second-order valence-electron chi connectivity index (χ2n) is 3.79. The molecule has 1 aromatic carbocycles. The molecular formula is C13H16Cl2N2O2. The lowest BCUT2D eigenvalue weighted by Crippen LogP contribution is -2.11. The Bertz CT molecular complexity index is 512. The van der Waals surface area contributed by atoms with E-state index < -0.39 is 0 Å². The molecule has 0 saturated heterocycles. The summed E-state index contributed by atoms with van der Waals surface area (Å²) in [6, 6.07) is 7.43. The maximum Gasteiger partial charge on any atom is 0.258 e. The van der Waals surface area contributed by atoms with Crippen LogP contribution in [0.2, 0.25) is 5.02 Å². The molecule has 0 spiro atoms. The van der Waals surface area contributed by atoms with Crippen LogP contribution in [0.5, 0.6) is 5.88 Å². The van der Waals surface area contributed by atoms with E-state index in [1.807, 2.05) is 31.2 Å². The Labute approximate surface area is 123 Å². The molecule has 0 aliphatic heterocycles. The van der Waals surface area contributed by atoms with Crippen LogP contribution in [0.15, 0.2) is 28.8 Å². The van der Waals surface area contributed by atoms with Crippen LogP contribution in [0, 0.1) is 0 Å². The summed E-state index contributed by atoms with van der Waals surface area (Å²) in [5.41, 5.74) is 7.29. The monoisotopic (exact) mass is 302 g/mol. The number of hydrogen-bond donors (Lipinski definition) is 1. The molecule has 0 saturated carbocycles. The highest BCUT2D eigenvalue weighted by molar-refractivity contribution is 6.30. The quantitative estimate of drug-likeness (QED) is 0.920. The fraction of sp³-hybridized carbons (Fsp3) is 0.308. The van der Waals surface area contributed by atoms with Crippen molar-refractivity contribution < 1.29 is 9.26 Å². The molecule has 0 atom stereocenters. The zero-order valence-corrected chi connectivity index (χ0v) is 12.1. The van der Waals surface area contributed by atoms with E-state index in [2.05, 4.69) is 5.16 Å². The molecular weight excluding hydrogens is 287 g/mol. The first-order valence-electron chi connectivity index (χ1n) is 5.83. The molecule has 19 heavy (non-hydrogen) atoms. The fourth-order valence-electron chi connectivity index (χ4n) is 1.70. The zero-order valence-electron chi connectivity index (χ0n) is 10.6. The molecule has 0 unspecified atom stereocenters. The Morgan fingerprint density at radius 3 is 2.58 bits per heavy atom. The van der Waals surface area contributed by atoms with Crippen LogP contribution in [-0.4, -0.2) is 18.3 Å². The van der Waals surface area contributed by atoms with Gasteiger partial charge < -0.3 is 15.0 Å². The number of nitrogens with two attached hydrogens (primary N) is 1. The minimum absolute atomic E-state index is 0. The van der Waals surface area contributed by atoms with E-state index in [9.17, 15) is 0 Å². The topological polar surface area (TPSA) is 61.3 Å². The molecule has 1 aromatic heterocycles. The number of hydrogen-bond acceptors (Lipinski definition) is 4. The molecule has 0 bridgehead atoms. The van der Waals surface area contributed by atoms with Crippen molar-refractivity contribution in [1.29, 1.82) is 0 Å². The summed E-state index contributed by atoms with van der Waals surface area (Å²) in [7, 11) is 0. The van der Waals surface area contributed by atoms with E-state index in [1.165, 1.54) is 0 Å². The SMILES string of the molecule is CCc1c(OCCN)noc1-c1ccc(Cl)cc1.Cl. The lowest BCUT2D eigenvalue weighted by molar-refractivity contribution is 0.287. The summed E-state index contributed by atoms with van der Waals surface area (Å²) < 4.78 is 10.8. The van der Waals surface area contributed by atoms with Gasteiger partial charge in [0.05, 0.1) is 5.56 Å². The van der Waals surface area contributed by atoms with E-state index in [-0.39, 0.29) is 12.4 Å². The van der Waals surface area contributed by atoms with E-state index in [1.54, 1.807) is 0 Å². The summed E-state index contributed by atoms with van der Waals surface area (Å²) in [5.74, 6) is 1.24. The van der Waals surface area contributed by atoms with Gasteiger partial charge in [-0.3, -0.25) is 0 Å². The first kappa shape index (κ1) is 15.8. The molecule has 0 aliphatic carbocycles. The van der Waals surface area contributed by atoms with Gasteiger partial charge in [-0.2, -0.15) is 0 Å². The molecule has 0 amide bonds. The van der Waals surface area contributed by atoms with Gasteiger partial charge in [-0.25, -0.2) is 0 Å². The van der Waals surface area contributed by atoms with Crippen molar-refractivity contribution >= 4 is 24.0 Å². The first-order valence-corrected chi connectivity index (χ1v) is 6.21. The van der Waals surface area contributed by atoms with Crippen molar-refractivity contribution in [2.75, 3.05) is 13.2 Å². The summed E-state index contributed by atoms with van der Waals surface area (Å²) >= 11 is 5.86. The van der Waals surface area contributed by atoms with E-state index in [0.717, 1.165) is 23.3 Å².